The molecule has 2 aromatic carbocycles. The predicted octanol–water partition coefficient (Wildman–Crippen LogP) is 2.41. The second kappa shape index (κ2) is 22.6. The van der Waals surface area contributed by atoms with Crippen LogP contribution in [0.15, 0.2) is 60.7 Å². The highest BCUT2D eigenvalue weighted by Gasteiger charge is 2.40. The summed E-state index contributed by atoms with van der Waals surface area (Å²) in [5.74, 6) is -3.03. The zero-order chi connectivity index (χ0) is 38.8. The molecule has 1 aliphatic rings. The number of hydrogen-bond acceptors (Lipinski definition) is 8. The van der Waals surface area contributed by atoms with Crippen LogP contribution in [-0.4, -0.2) is 101 Å². The minimum absolute atomic E-state index is 0.00251. The summed E-state index contributed by atoms with van der Waals surface area (Å²) in [4.78, 5) is 81.7. The lowest BCUT2D eigenvalue weighted by atomic mass is 10.0. The smallest absolute Gasteiger partial charge is 0.326 e. The van der Waals surface area contributed by atoms with Gasteiger partial charge in [-0.15, -0.1) is 0 Å². The van der Waals surface area contributed by atoms with Crippen molar-refractivity contribution in [2.24, 2.45) is 11.7 Å². The number of rotatable bonds is 22. The molecule has 1 heterocycles. The van der Waals surface area contributed by atoms with Crippen LogP contribution in [-0.2, 0) is 41.6 Å². The van der Waals surface area contributed by atoms with Gasteiger partial charge in [-0.2, -0.15) is 11.8 Å². The van der Waals surface area contributed by atoms with Gasteiger partial charge in [0.2, 0.25) is 29.5 Å². The van der Waals surface area contributed by atoms with E-state index in [0.29, 0.717) is 38.0 Å². The molecule has 290 valence electrons. The minimum atomic E-state index is -1.15. The second-order valence-corrected chi connectivity index (χ2v) is 14.9. The highest BCUT2D eigenvalue weighted by Crippen LogP contribution is 2.21. The van der Waals surface area contributed by atoms with Crippen molar-refractivity contribution in [1.82, 2.24) is 26.2 Å². The number of carboxylic acid groups (broad SMARTS) is 1. The van der Waals surface area contributed by atoms with E-state index in [2.05, 4.69) is 21.3 Å². The molecule has 0 aromatic heterocycles. The van der Waals surface area contributed by atoms with E-state index in [4.69, 9.17) is 5.73 Å². The maximum atomic E-state index is 14.4. The van der Waals surface area contributed by atoms with Gasteiger partial charge in [0, 0.05) is 25.8 Å². The molecule has 5 atom stereocenters. The van der Waals surface area contributed by atoms with E-state index in [9.17, 15) is 33.9 Å². The molecule has 0 aliphatic carbocycles. The lowest BCUT2D eigenvalue weighted by Crippen LogP contribution is -2.59. The van der Waals surface area contributed by atoms with E-state index >= 15 is 0 Å². The van der Waals surface area contributed by atoms with E-state index in [1.54, 1.807) is 0 Å². The first kappa shape index (κ1) is 43.0. The van der Waals surface area contributed by atoms with Crippen LogP contribution in [0.4, 0.5) is 0 Å². The molecule has 53 heavy (non-hydrogen) atoms. The molecule has 0 spiro atoms. The largest absolute Gasteiger partial charge is 0.480 e. The van der Waals surface area contributed by atoms with E-state index < -0.39 is 59.8 Å². The molecule has 5 amide bonds. The van der Waals surface area contributed by atoms with Crippen molar-refractivity contribution in [2.45, 2.75) is 102 Å². The number of amides is 5. The number of nitrogens with two attached hydrogens (primary N) is 1. The maximum absolute atomic E-state index is 14.4. The zero-order valence-electron chi connectivity index (χ0n) is 31.1. The number of carbonyl (C=O) groups excluding carboxylic acids is 5. The number of hydrogen-bond donors (Lipinski definition) is 6. The van der Waals surface area contributed by atoms with E-state index in [-0.39, 0.29) is 50.5 Å². The van der Waals surface area contributed by atoms with Crippen LogP contribution < -0.4 is 27.0 Å². The van der Waals surface area contributed by atoms with Crippen molar-refractivity contribution < 1.29 is 33.9 Å². The first-order valence-corrected chi connectivity index (χ1v) is 19.8. The highest BCUT2D eigenvalue weighted by atomic mass is 32.2. The molecule has 13 nitrogen and oxygen atoms in total. The van der Waals surface area contributed by atoms with E-state index in [0.717, 1.165) is 11.1 Å². The van der Waals surface area contributed by atoms with Gasteiger partial charge >= 0.3 is 5.97 Å². The fraction of sp³-hybridized carbons (Fsp3) is 0.538. The minimum Gasteiger partial charge on any atom is -0.480 e. The van der Waals surface area contributed by atoms with Crippen molar-refractivity contribution in [3.05, 3.63) is 71.8 Å². The van der Waals surface area contributed by atoms with Gasteiger partial charge in [-0.1, -0.05) is 74.5 Å². The number of likely N-dealkylation sites (tertiary alicyclic amines) is 1. The summed E-state index contributed by atoms with van der Waals surface area (Å²) in [6.45, 7) is 4.50. The number of unbranched alkanes of at least 4 members (excludes halogenated alkanes) is 1. The molecule has 0 radical (unpaired) electrons. The maximum Gasteiger partial charge on any atom is 0.326 e. The quantitative estimate of drug-likeness (QED) is 0.0978. The van der Waals surface area contributed by atoms with Gasteiger partial charge in [-0.05, 0) is 74.1 Å². The van der Waals surface area contributed by atoms with Crippen LogP contribution in [0, 0.1) is 5.92 Å². The summed E-state index contributed by atoms with van der Waals surface area (Å²) < 4.78 is 0. The third-order valence-electron chi connectivity index (χ3n) is 9.09. The molecule has 14 heteroatoms. The van der Waals surface area contributed by atoms with Crippen molar-refractivity contribution in [2.75, 3.05) is 25.1 Å². The number of aliphatic carboxylic acids is 1. The molecule has 0 unspecified atom stereocenters. The molecule has 2 aromatic rings. The fourth-order valence-corrected chi connectivity index (χ4v) is 6.79. The van der Waals surface area contributed by atoms with E-state index in [1.807, 2.05) is 80.8 Å². The number of benzene rings is 2. The summed E-state index contributed by atoms with van der Waals surface area (Å²) in [7, 11) is 0. The van der Waals surface area contributed by atoms with Crippen LogP contribution in [0.3, 0.4) is 0 Å². The average molecular weight is 753 g/mol. The van der Waals surface area contributed by atoms with Crippen LogP contribution in [0.2, 0.25) is 0 Å². The average Bonchev–Trinajstić information content (AvgIpc) is 3.63. The van der Waals surface area contributed by atoms with Gasteiger partial charge in [0.25, 0.3) is 0 Å². The Morgan fingerprint density at radius 2 is 1.40 bits per heavy atom. The van der Waals surface area contributed by atoms with Crippen LogP contribution in [0.1, 0.15) is 69.9 Å². The molecule has 7 N–H and O–H groups in total. The fourth-order valence-electron chi connectivity index (χ4n) is 6.32. The molecular formula is C39H56N6O7S. The van der Waals surface area contributed by atoms with Crippen LogP contribution in [0.25, 0.3) is 0 Å². The van der Waals surface area contributed by atoms with Gasteiger partial charge in [-0.25, -0.2) is 4.79 Å². The Kier molecular flexibility index (Phi) is 18.3. The summed E-state index contributed by atoms with van der Waals surface area (Å²) in [6.07, 6.45) is 5.02. The topological polar surface area (TPSA) is 200 Å². The SMILES string of the molecule is CSCC[C@H](NC(=O)[C@H](CC(C)C)NC(=O)[C@H]1CCCN1C(=O)[C@H](Cc1ccccc1)NC(=O)[C@H](Cc1ccccc1)NC(=O)CCCCN)C(=O)O. The standard InChI is InChI=1S/C39H56N6O7S/c1-26(2)23-30(35(47)42-29(39(51)52)19-22-53-3)43-37(49)33-17-12-21-45(33)38(50)32(25-28-15-8-5-9-16-28)44-36(48)31(24-27-13-6-4-7-14-27)41-34(46)18-10-11-20-40/h4-9,13-16,26,29-33H,10-12,17-25,40H2,1-3H3,(H,41,46)(H,42,47)(H,43,49)(H,44,48)(H,51,52)/t29-,30-,31-,32-,33+/m0/s1. The third-order valence-corrected chi connectivity index (χ3v) is 9.74. The van der Waals surface area contributed by atoms with Gasteiger partial charge in [-0.3, -0.25) is 24.0 Å². The van der Waals surface area contributed by atoms with Gasteiger partial charge in [0.1, 0.15) is 30.2 Å². The molecular weight excluding hydrogens is 697 g/mol. The van der Waals surface area contributed by atoms with Crippen LogP contribution in [0.5, 0.6) is 0 Å². The number of thioether (sulfide) groups is 1. The lowest BCUT2D eigenvalue weighted by molar-refractivity contribution is -0.143. The third kappa shape index (κ3) is 14.5. The number of carbonyl (C=O) groups is 6. The first-order valence-electron chi connectivity index (χ1n) is 18.4. The molecule has 0 bridgehead atoms. The Morgan fingerprint density at radius 3 is 1.96 bits per heavy atom. The second-order valence-electron chi connectivity index (χ2n) is 13.9. The monoisotopic (exact) mass is 752 g/mol. The normalized spacial score (nSPS) is 16.2. The molecule has 1 saturated heterocycles. The van der Waals surface area contributed by atoms with Crippen molar-refractivity contribution in [1.29, 1.82) is 0 Å². The molecule has 1 aliphatic heterocycles. The summed E-state index contributed by atoms with van der Waals surface area (Å²) in [5.41, 5.74) is 7.22. The van der Waals surface area contributed by atoms with Crippen molar-refractivity contribution in [3.8, 4) is 0 Å². The lowest BCUT2D eigenvalue weighted by Gasteiger charge is -2.31. The number of nitrogens with zero attached hydrogens (tertiary/aromatic N) is 1. The summed E-state index contributed by atoms with van der Waals surface area (Å²) >= 11 is 1.47. The van der Waals surface area contributed by atoms with Crippen molar-refractivity contribution >= 4 is 47.3 Å². The first-order chi connectivity index (χ1) is 25.4. The Morgan fingerprint density at radius 1 is 0.811 bits per heavy atom. The van der Waals surface area contributed by atoms with Gasteiger partial charge in [0.15, 0.2) is 0 Å². The van der Waals surface area contributed by atoms with Gasteiger partial charge in [0.05, 0.1) is 0 Å². The highest BCUT2D eigenvalue weighted by molar-refractivity contribution is 7.98. The molecule has 3 rings (SSSR count). The van der Waals surface area contributed by atoms with E-state index in [1.165, 1.54) is 16.7 Å². The Bertz CT molecular complexity index is 1500. The van der Waals surface area contributed by atoms with Crippen LogP contribution >= 0.6 is 11.8 Å². The van der Waals surface area contributed by atoms with Crippen molar-refractivity contribution in [3.63, 3.8) is 0 Å². The summed E-state index contributed by atoms with van der Waals surface area (Å²) in [5, 5.41) is 20.8. The predicted molar refractivity (Wildman–Crippen MR) is 206 cm³/mol. The summed E-state index contributed by atoms with van der Waals surface area (Å²) in [6, 6.07) is 13.4. The van der Waals surface area contributed by atoms with Gasteiger partial charge < -0.3 is 37.0 Å². The molecule has 0 saturated carbocycles. The Labute approximate surface area is 317 Å². The molecule has 1 fully saturated rings. The zero-order valence-corrected chi connectivity index (χ0v) is 31.9. The Balaban J connectivity index is 1.83. The number of carboxylic acids is 1. The Hall–Kier alpha value is -4.43. The number of nitrogens with one attached hydrogen (secondary N) is 4.